The summed E-state index contributed by atoms with van der Waals surface area (Å²) in [5.41, 5.74) is 7.01. The number of amides is 1. The number of nitrogens with one attached hydrogen (secondary N) is 1. The molecule has 1 aromatic rings. The van der Waals surface area contributed by atoms with Crippen molar-refractivity contribution in [1.82, 2.24) is 0 Å². The quantitative estimate of drug-likeness (QED) is 0.437. The van der Waals surface area contributed by atoms with Crippen molar-refractivity contribution in [3.8, 4) is 0 Å². The molecule has 1 rings (SSSR count). The van der Waals surface area contributed by atoms with E-state index in [1.165, 1.54) is 13.2 Å². The fourth-order valence-electron chi connectivity index (χ4n) is 1.74. The van der Waals surface area contributed by atoms with Crippen LogP contribution in [0.1, 0.15) is 31.2 Å². The number of ether oxygens (including phenoxy) is 1. The molecule has 22 heavy (non-hydrogen) atoms. The summed E-state index contributed by atoms with van der Waals surface area (Å²) in [6.45, 7) is 0.669. The van der Waals surface area contributed by atoms with Gasteiger partial charge < -0.3 is 15.8 Å². The highest BCUT2D eigenvalue weighted by Crippen LogP contribution is 2.12. The van der Waals surface area contributed by atoms with Crippen LogP contribution in [0, 0.1) is 0 Å². The van der Waals surface area contributed by atoms with Gasteiger partial charge in [0.05, 0.1) is 7.11 Å². The van der Waals surface area contributed by atoms with E-state index < -0.39 is 5.97 Å². The largest absolute Gasteiger partial charge is 0.466 e. The third-order valence-electron chi connectivity index (χ3n) is 2.92. The number of carbonyl (C=O) groups excluding carboxylic acids is 2. The van der Waals surface area contributed by atoms with E-state index in [-0.39, 0.29) is 18.3 Å². The number of benzene rings is 1. The molecule has 1 amide bonds. The number of rotatable bonds is 8. The summed E-state index contributed by atoms with van der Waals surface area (Å²) in [5, 5.41) is 2.84. The van der Waals surface area contributed by atoms with Gasteiger partial charge in [-0.2, -0.15) is 0 Å². The minimum Gasteiger partial charge on any atom is -0.466 e. The first kappa shape index (κ1) is 20.1. The van der Waals surface area contributed by atoms with Gasteiger partial charge in [-0.05, 0) is 43.2 Å². The molecule has 0 radical (unpaired) electrons. The Bertz CT molecular complexity index is 487. The third kappa shape index (κ3) is 8.44. The zero-order chi connectivity index (χ0) is 15.5. The molecule has 0 aliphatic heterocycles. The summed E-state index contributed by atoms with van der Waals surface area (Å²) in [6.07, 6.45) is 6.29. The molecule has 5 nitrogen and oxygen atoms in total. The first-order valence-corrected chi connectivity index (χ1v) is 7.01. The van der Waals surface area contributed by atoms with E-state index >= 15 is 0 Å². The number of nitrogens with two attached hydrogens (primary N) is 1. The van der Waals surface area contributed by atoms with Crippen LogP contribution >= 0.6 is 12.4 Å². The number of carbonyl (C=O) groups is 2. The van der Waals surface area contributed by atoms with Crippen molar-refractivity contribution in [1.29, 1.82) is 0 Å². The number of hydrogen-bond acceptors (Lipinski definition) is 4. The minimum atomic E-state index is -0.398. The highest BCUT2D eigenvalue weighted by Gasteiger charge is 2.02. The summed E-state index contributed by atoms with van der Waals surface area (Å²) in [5.74, 6) is -0.394. The Hall–Kier alpha value is -1.85. The second-order valence-corrected chi connectivity index (χ2v) is 4.63. The van der Waals surface area contributed by atoms with Crippen molar-refractivity contribution in [3.05, 3.63) is 35.9 Å². The second kappa shape index (κ2) is 11.8. The Morgan fingerprint density at radius 2 is 1.86 bits per heavy atom. The molecule has 0 saturated carbocycles. The molecule has 0 unspecified atom stereocenters. The third-order valence-corrected chi connectivity index (χ3v) is 2.92. The molecule has 0 aliphatic rings. The molecule has 0 spiro atoms. The molecule has 122 valence electrons. The van der Waals surface area contributed by atoms with Gasteiger partial charge in [0.15, 0.2) is 0 Å². The number of esters is 1. The number of unbranched alkanes of at least 4 members (excludes halogenated alkanes) is 2. The summed E-state index contributed by atoms with van der Waals surface area (Å²) < 4.78 is 4.51. The molecule has 0 heterocycles. The van der Waals surface area contributed by atoms with Crippen LogP contribution in [0.2, 0.25) is 0 Å². The first-order chi connectivity index (χ1) is 10.2. The number of anilines is 1. The van der Waals surface area contributed by atoms with E-state index in [0.717, 1.165) is 30.5 Å². The van der Waals surface area contributed by atoms with Crippen LogP contribution in [0.15, 0.2) is 30.3 Å². The summed E-state index contributed by atoms with van der Waals surface area (Å²) >= 11 is 0. The molecule has 0 aromatic heterocycles. The molecule has 6 heteroatoms. The van der Waals surface area contributed by atoms with E-state index in [2.05, 4.69) is 10.1 Å². The molecule has 0 atom stereocenters. The highest BCUT2D eigenvalue weighted by atomic mass is 35.5. The van der Waals surface area contributed by atoms with Crippen LogP contribution in [0.5, 0.6) is 0 Å². The van der Waals surface area contributed by atoms with Crippen molar-refractivity contribution in [3.63, 3.8) is 0 Å². The molecule has 0 saturated heterocycles. The molecular weight excluding hydrogens is 304 g/mol. The fraction of sp³-hybridized carbons (Fsp3) is 0.375. The standard InChI is InChI=1S/C16H22N2O3.ClH/c1-21-16(20)11-8-13-6-9-14(10-7-13)18-15(19)5-3-2-4-12-17;/h6-11H,2-5,12,17H2,1H3,(H,18,19);1H/b11-8+;. The number of halogens is 1. The van der Waals surface area contributed by atoms with Crippen LogP contribution in [0.25, 0.3) is 6.08 Å². The van der Waals surface area contributed by atoms with Gasteiger partial charge >= 0.3 is 5.97 Å². The van der Waals surface area contributed by atoms with Gasteiger partial charge in [-0.15, -0.1) is 12.4 Å². The lowest BCUT2D eigenvalue weighted by Crippen LogP contribution is -2.11. The lowest BCUT2D eigenvalue weighted by Gasteiger charge is -2.05. The van der Waals surface area contributed by atoms with E-state index in [1.807, 2.05) is 12.1 Å². The molecule has 1 aromatic carbocycles. The predicted molar refractivity (Wildman–Crippen MR) is 90.9 cm³/mol. The van der Waals surface area contributed by atoms with Gasteiger partial charge in [-0.1, -0.05) is 18.6 Å². The van der Waals surface area contributed by atoms with Gasteiger partial charge in [0.2, 0.25) is 5.91 Å². The second-order valence-electron chi connectivity index (χ2n) is 4.63. The van der Waals surface area contributed by atoms with Gasteiger partial charge in [-0.25, -0.2) is 4.79 Å². The summed E-state index contributed by atoms with van der Waals surface area (Å²) in [4.78, 5) is 22.7. The number of methoxy groups -OCH3 is 1. The Kier molecular flexibility index (Phi) is 10.8. The van der Waals surface area contributed by atoms with Crippen molar-refractivity contribution in [2.45, 2.75) is 25.7 Å². The fourth-order valence-corrected chi connectivity index (χ4v) is 1.74. The Morgan fingerprint density at radius 1 is 1.18 bits per heavy atom. The molecular formula is C16H23ClN2O3. The highest BCUT2D eigenvalue weighted by molar-refractivity contribution is 5.91. The van der Waals surface area contributed by atoms with Crippen LogP contribution in [0.4, 0.5) is 5.69 Å². The first-order valence-electron chi connectivity index (χ1n) is 7.01. The van der Waals surface area contributed by atoms with E-state index in [1.54, 1.807) is 18.2 Å². The Labute approximate surface area is 137 Å². The smallest absolute Gasteiger partial charge is 0.330 e. The molecule has 0 bridgehead atoms. The van der Waals surface area contributed by atoms with Gasteiger partial charge in [0.25, 0.3) is 0 Å². The van der Waals surface area contributed by atoms with Crippen molar-refractivity contribution >= 4 is 36.0 Å². The van der Waals surface area contributed by atoms with Crippen LogP contribution in [-0.2, 0) is 14.3 Å². The average Bonchev–Trinajstić information content (AvgIpc) is 2.50. The normalized spacial score (nSPS) is 10.1. The van der Waals surface area contributed by atoms with Gasteiger partial charge in [0.1, 0.15) is 0 Å². The van der Waals surface area contributed by atoms with Crippen LogP contribution in [0.3, 0.4) is 0 Å². The maximum absolute atomic E-state index is 11.7. The summed E-state index contributed by atoms with van der Waals surface area (Å²) in [7, 11) is 1.33. The van der Waals surface area contributed by atoms with Gasteiger partial charge in [-0.3, -0.25) is 4.79 Å². The Morgan fingerprint density at radius 3 is 2.45 bits per heavy atom. The van der Waals surface area contributed by atoms with E-state index in [4.69, 9.17) is 5.73 Å². The Balaban J connectivity index is 0.00000441. The zero-order valence-electron chi connectivity index (χ0n) is 12.7. The monoisotopic (exact) mass is 326 g/mol. The minimum absolute atomic E-state index is 0. The van der Waals surface area contributed by atoms with Crippen molar-refractivity contribution in [2.24, 2.45) is 5.73 Å². The van der Waals surface area contributed by atoms with Crippen molar-refractivity contribution in [2.75, 3.05) is 19.0 Å². The predicted octanol–water partition coefficient (Wildman–Crippen LogP) is 2.75. The van der Waals surface area contributed by atoms with E-state index in [0.29, 0.717) is 13.0 Å². The molecule has 0 aliphatic carbocycles. The van der Waals surface area contributed by atoms with Crippen LogP contribution in [-0.4, -0.2) is 25.5 Å². The lowest BCUT2D eigenvalue weighted by atomic mass is 10.1. The maximum Gasteiger partial charge on any atom is 0.330 e. The SMILES string of the molecule is COC(=O)/C=C/c1ccc(NC(=O)CCCCCN)cc1.Cl. The lowest BCUT2D eigenvalue weighted by molar-refractivity contribution is -0.134. The van der Waals surface area contributed by atoms with Crippen LogP contribution < -0.4 is 11.1 Å². The molecule has 0 fully saturated rings. The maximum atomic E-state index is 11.7. The van der Waals surface area contributed by atoms with E-state index in [9.17, 15) is 9.59 Å². The summed E-state index contributed by atoms with van der Waals surface area (Å²) in [6, 6.07) is 7.25. The number of hydrogen-bond donors (Lipinski definition) is 2. The molecule has 3 N–H and O–H groups in total. The average molecular weight is 327 g/mol. The topological polar surface area (TPSA) is 81.4 Å². The van der Waals surface area contributed by atoms with Gasteiger partial charge in [0, 0.05) is 18.2 Å². The zero-order valence-corrected chi connectivity index (χ0v) is 13.5. The van der Waals surface area contributed by atoms with Crippen molar-refractivity contribution < 1.29 is 14.3 Å².